The van der Waals surface area contributed by atoms with E-state index < -0.39 is 0 Å². The zero-order valence-electron chi connectivity index (χ0n) is 4.92. The summed E-state index contributed by atoms with van der Waals surface area (Å²) in [6, 6.07) is 0. The molecule has 48 valence electrons. The van der Waals surface area contributed by atoms with Crippen molar-refractivity contribution in [2.45, 2.75) is 6.10 Å². The van der Waals surface area contributed by atoms with Gasteiger partial charge in [0.2, 0.25) is 0 Å². The van der Waals surface area contributed by atoms with Crippen LogP contribution in [0.1, 0.15) is 0 Å². The fourth-order valence-corrected chi connectivity index (χ4v) is 0.654. The Bertz CT molecular complexity index is 58.7. The predicted octanol–water partition coefficient (Wildman–Crippen LogP) is 0.00570. The maximum atomic E-state index is 5.05. The Morgan fingerprint density at radius 1 is 1.75 bits per heavy atom. The summed E-state index contributed by atoms with van der Waals surface area (Å²) in [5.41, 5.74) is 0. The molecule has 1 aliphatic heterocycles. The molecule has 8 heavy (non-hydrogen) atoms. The molecule has 1 saturated heterocycles. The third kappa shape index (κ3) is 1.43. The van der Waals surface area contributed by atoms with Crippen LogP contribution in [0.2, 0.25) is 0 Å². The number of hydrogen-bond donors (Lipinski definition) is 0. The first kappa shape index (κ1) is 6.01. The van der Waals surface area contributed by atoms with E-state index in [4.69, 9.17) is 14.2 Å². The summed E-state index contributed by atoms with van der Waals surface area (Å²) in [6.07, 6.45) is 0.167. The quantitative estimate of drug-likeness (QED) is 0.511. The molecular weight excluding hydrogens is 108 g/mol. The van der Waals surface area contributed by atoms with Gasteiger partial charge in [0, 0.05) is 7.11 Å². The van der Waals surface area contributed by atoms with Gasteiger partial charge in [-0.2, -0.15) is 0 Å². The second-order valence-electron chi connectivity index (χ2n) is 1.73. The molecule has 0 saturated carbocycles. The van der Waals surface area contributed by atoms with Gasteiger partial charge in [-0.3, -0.25) is 0 Å². The Labute approximate surface area is 48.5 Å². The van der Waals surface area contributed by atoms with Crippen LogP contribution >= 0.6 is 0 Å². The molecule has 0 amide bonds. The van der Waals surface area contributed by atoms with Gasteiger partial charge >= 0.3 is 0 Å². The lowest BCUT2D eigenvalue weighted by Gasteiger charge is -2.02. The first-order chi connectivity index (χ1) is 3.93. The smallest absolute Gasteiger partial charge is 0.147 e. The van der Waals surface area contributed by atoms with Crippen LogP contribution in [0.15, 0.2) is 0 Å². The lowest BCUT2D eigenvalue weighted by Crippen LogP contribution is -2.15. The topological polar surface area (TPSA) is 27.7 Å². The fraction of sp³-hybridized carbons (Fsp3) is 1.00. The van der Waals surface area contributed by atoms with Crippen molar-refractivity contribution < 1.29 is 14.2 Å². The maximum absolute atomic E-state index is 5.05. The molecule has 3 nitrogen and oxygen atoms in total. The average molecular weight is 118 g/mol. The summed E-state index contributed by atoms with van der Waals surface area (Å²) < 4.78 is 14.8. The highest BCUT2D eigenvalue weighted by Gasteiger charge is 2.14. The van der Waals surface area contributed by atoms with Crippen LogP contribution in [0.3, 0.4) is 0 Å². The van der Waals surface area contributed by atoms with Crippen LogP contribution in [-0.4, -0.2) is 33.2 Å². The zero-order valence-corrected chi connectivity index (χ0v) is 4.92. The SMILES string of the molecule is COC[C@H]1COCO1. The molecule has 0 aliphatic carbocycles. The van der Waals surface area contributed by atoms with Crippen molar-refractivity contribution in [1.82, 2.24) is 0 Å². The van der Waals surface area contributed by atoms with E-state index in [1.54, 1.807) is 7.11 Å². The standard InChI is InChI=1S/C5H10O3/c1-6-2-5-3-7-4-8-5/h5H,2-4H2,1H3/t5-/m0/s1. The first-order valence-corrected chi connectivity index (χ1v) is 2.62. The average Bonchev–Trinajstić information content (AvgIpc) is 2.19. The van der Waals surface area contributed by atoms with E-state index in [0.29, 0.717) is 20.0 Å². The minimum atomic E-state index is 0.167. The van der Waals surface area contributed by atoms with Gasteiger partial charge in [0.15, 0.2) is 0 Å². The van der Waals surface area contributed by atoms with E-state index in [2.05, 4.69) is 0 Å². The number of hydrogen-bond acceptors (Lipinski definition) is 3. The largest absolute Gasteiger partial charge is 0.382 e. The van der Waals surface area contributed by atoms with Crippen LogP contribution in [0.25, 0.3) is 0 Å². The van der Waals surface area contributed by atoms with Crippen molar-refractivity contribution in [2.24, 2.45) is 0 Å². The third-order valence-electron chi connectivity index (χ3n) is 1.04. The highest BCUT2D eigenvalue weighted by molar-refractivity contribution is 4.56. The fourth-order valence-electron chi connectivity index (χ4n) is 0.654. The minimum absolute atomic E-state index is 0.167. The van der Waals surface area contributed by atoms with Gasteiger partial charge in [-0.15, -0.1) is 0 Å². The van der Waals surface area contributed by atoms with Crippen molar-refractivity contribution >= 4 is 0 Å². The molecule has 0 aromatic carbocycles. The number of methoxy groups -OCH3 is 1. The van der Waals surface area contributed by atoms with Crippen LogP contribution in [-0.2, 0) is 14.2 Å². The molecule has 0 N–H and O–H groups in total. The Morgan fingerprint density at radius 3 is 3.12 bits per heavy atom. The molecule has 1 aliphatic rings. The van der Waals surface area contributed by atoms with E-state index in [9.17, 15) is 0 Å². The van der Waals surface area contributed by atoms with Crippen LogP contribution in [0.5, 0.6) is 0 Å². The van der Waals surface area contributed by atoms with E-state index in [-0.39, 0.29) is 6.10 Å². The summed E-state index contributed by atoms with van der Waals surface area (Å²) in [4.78, 5) is 0. The molecule has 1 rings (SSSR count). The Kier molecular flexibility index (Phi) is 2.27. The van der Waals surface area contributed by atoms with Crippen molar-refractivity contribution in [1.29, 1.82) is 0 Å². The zero-order chi connectivity index (χ0) is 5.82. The van der Waals surface area contributed by atoms with Gasteiger partial charge < -0.3 is 14.2 Å². The molecule has 0 aromatic rings. The summed E-state index contributed by atoms with van der Waals surface area (Å²) in [6.45, 7) is 1.74. The molecule has 1 atom stereocenters. The highest BCUT2D eigenvalue weighted by atomic mass is 16.7. The van der Waals surface area contributed by atoms with Crippen LogP contribution in [0.4, 0.5) is 0 Å². The summed E-state index contributed by atoms with van der Waals surface area (Å²) in [5, 5.41) is 0. The normalized spacial score (nSPS) is 28.9. The molecule has 0 spiro atoms. The van der Waals surface area contributed by atoms with Crippen molar-refractivity contribution in [3.05, 3.63) is 0 Å². The Hall–Kier alpha value is -0.120. The number of ether oxygens (including phenoxy) is 3. The Morgan fingerprint density at radius 2 is 2.62 bits per heavy atom. The summed E-state index contributed by atoms with van der Waals surface area (Å²) >= 11 is 0. The predicted molar refractivity (Wildman–Crippen MR) is 27.6 cm³/mol. The minimum Gasteiger partial charge on any atom is -0.382 e. The van der Waals surface area contributed by atoms with Crippen molar-refractivity contribution in [3.63, 3.8) is 0 Å². The highest BCUT2D eigenvalue weighted by Crippen LogP contribution is 2.01. The molecule has 0 unspecified atom stereocenters. The third-order valence-corrected chi connectivity index (χ3v) is 1.04. The molecular formula is C5H10O3. The van der Waals surface area contributed by atoms with Gasteiger partial charge in [0.05, 0.1) is 13.2 Å². The first-order valence-electron chi connectivity index (χ1n) is 2.62. The molecule has 3 heteroatoms. The summed E-state index contributed by atoms with van der Waals surface area (Å²) in [5.74, 6) is 0. The second kappa shape index (κ2) is 3.02. The van der Waals surface area contributed by atoms with E-state index in [1.165, 1.54) is 0 Å². The van der Waals surface area contributed by atoms with Crippen molar-refractivity contribution in [2.75, 3.05) is 27.1 Å². The maximum Gasteiger partial charge on any atom is 0.147 e. The van der Waals surface area contributed by atoms with Gasteiger partial charge in [-0.1, -0.05) is 0 Å². The Balaban J connectivity index is 2.06. The molecule has 1 heterocycles. The summed E-state index contributed by atoms with van der Waals surface area (Å²) in [7, 11) is 1.65. The lowest BCUT2D eigenvalue weighted by atomic mass is 10.4. The van der Waals surface area contributed by atoms with Crippen LogP contribution in [0, 0.1) is 0 Å². The second-order valence-corrected chi connectivity index (χ2v) is 1.73. The van der Waals surface area contributed by atoms with Gasteiger partial charge in [-0.05, 0) is 0 Å². The van der Waals surface area contributed by atoms with Crippen LogP contribution < -0.4 is 0 Å². The molecule has 0 radical (unpaired) electrons. The van der Waals surface area contributed by atoms with Crippen molar-refractivity contribution in [3.8, 4) is 0 Å². The van der Waals surface area contributed by atoms with E-state index in [0.717, 1.165) is 0 Å². The van der Waals surface area contributed by atoms with E-state index >= 15 is 0 Å². The molecule has 0 bridgehead atoms. The monoisotopic (exact) mass is 118 g/mol. The lowest BCUT2D eigenvalue weighted by molar-refractivity contribution is 0.0177. The van der Waals surface area contributed by atoms with Gasteiger partial charge in [-0.25, -0.2) is 0 Å². The molecule has 1 fully saturated rings. The van der Waals surface area contributed by atoms with E-state index in [1.807, 2.05) is 0 Å². The number of rotatable bonds is 2. The van der Waals surface area contributed by atoms with Gasteiger partial charge in [0.25, 0.3) is 0 Å². The molecule has 0 aromatic heterocycles. The van der Waals surface area contributed by atoms with Gasteiger partial charge in [0.1, 0.15) is 12.9 Å².